The van der Waals surface area contributed by atoms with E-state index in [1.165, 1.54) is 28.8 Å². The SMILES string of the molecule is CC(C)(C)c1cccc(Oc2ccc(CC(C)(C)C3CCc4occ(-c5ccc(F)cc5)c4C3)cc2)c1. The van der Waals surface area contributed by atoms with Crippen LogP contribution in [0.4, 0.5) is 4.39 Å². The van der Waals surface area contributed by atoms with Crippen molar-refractivity contribution in [3.05, 3.63) is 107 Å². The largest absolute Gasteiger partial charge is 0.468 e. The average molecular weight is 497 g/mol. The van der Waals surface area contributed by atoms with Crippen molar-refractivity contribution in [2.45, 2.75) is 65.7 Å². The molecule has 0 radical (unpaired) electrons. The third-order valence-corrected chi connectivity index (χ3v) is 7.93. The summed E-state index contributed by atoms with van der Waals surface area (Å²) in [6, 6.07) is 23.6. The number of benzene rings is 3. The number of aryl methyl sites for hydroxylation is 1. The molecule has 3 heteroatoms. The summed E-state index contributed by atoms with van der Waals surface area (Å²) in [4.78, 5) is 0. The van der Waals surface area contributed by atoms with Gasteiger partial charge in [0.05, 0.1) is 6.26 Å². The molecule has 0 fully saturated rings. The lowest BCUT2D eigenvalue weighted by Crippen LogP contribution is -2.31. The van der Waals surface area contributed by atoms with E-state index in [4.69, 9.17) is 9.15 Å². The second kappa shape index (κ2) is 9.85. The number of furan rings is 1. The predicted molar refractivity (Wildman–Crippen MR) is 149 cm³/mol. The molecule has 1 aliphatic carbocycles. The van der Waals surface area contributed by atoms with Crippen LogP contribution < -0.4 is 4.74 Å². The molecule has 0 spiro atoms. The van der Waals surface area contributed by atoms with Crippen LogP contribution in [-0.4, -0.2) is 0 Å². The van der Waals surface area contributed by atoms with Crippen molar-refractivity contribution < 1.29 is 13.5 Å². The van der Waals surface area contributed by atoms with Crippen molar-refractivity contribution in [2.75, 3.05) is 0 Å². The summed E-state index contributed by atoms with van der Waals surface area (Å²) in [5.74, 6) is 3.14. The third kappa shape index (κ3) is 5.66. The van der Waals surface area contributed by atoms with Crippen molar-refractivity contribution >= 4 is 0 Å². The zero-order valence-corrected chi connectivity index (χ0v) is 22.6. The topological polar surface area (TPSA) is 22.4 Å². The van der Waals surface area contributed by atoms with E-state index in [0.717, 1.165) is 54.1 Å². The van der Waals surface area contributed by atoms with Crippen LogP contribution in [0.1, 0.15) is 63.5 Å². The van der Waals surface area contributed by atoms with Crippen LogP contribution in [0.2, 0.25) is 0 Å². The third-order valence-electron chi connectivity index (χ3n) is 7.93. The molecule has 0 saturated carbocycles. The predicted octanol–water partition coefficient (Wildman–Crippen LogP) is 9.55. The molecule has 1 unspecified atom stereocenters. The number of halogens is 1. The lowest BCUT2D eigenvalue weighted by molar-refractivity contribution is 0.184. The van der Waals surface area contributed by atoms with Gasteiger partial charge in [0.15, 0.2) is 0 Å². The molecule has 0 aliphatic heterocycles. The maximum absolute atomic E-state index is 13.5. The van der Waals surface area contributed by atoms with Gasteiger partial charge < -0.3 is 9.15 Å². The second-order valence-corrected chi connectivity index (χ2v) is 12.2. The first-order valence-electron chi connectivity index (χ1n) is 13.3. The Labute approximate surface area is 220 Å². The second-order valence-electron chi connectivity index (χ2n) is 12.2. The van der Waals surface area contributed by atoms with Gasteiger partial charge in [0.25, 0.3) is 0 Å². The maximum Gasteiger partial charge on any atom is 0.127 e. The summed E-state index contributed by atoms with van der Waals surface area (Å²) >= 11 is 0. The highest BCUT2D eigenvalue weighted by Gasteiger charge is 2.35. The van der Waals surface area contributed by atoms with Gasteiger partial charge in [0.2, 0.25) is 0 Å². The van der Waals surface area contributed by atoms with Crippen LogP contribution in [0.15, 0.2) is 83.5 Å². The molecule has 37 heavy (non-hydrogen) atoms. The molecule has 1 heterocycles. The van der Waals surface area contributed by atoms with Crippen molar-refractivity contribution in [1.82, 2.24) is 0 Å². The maximum atomic E-state index is 13.5. The standard InChI is InChI=1S/C34H37FO2/c1-33(2,3)25-7-6-8-29(19-25)37-28-16-9-23(10-17-28)21-34(4,5)26-13-18-32-30(20-26)31(22-36-32)24-11-14-27(35)15-12-24/h6-12,14-17,19,22,26H,13,18,20-21H2,1-5H3. The molecule has 5 rings (SSSR count). The van der Waals surface area contributed by atoms with Gasteiger partial charge in [-0.1, -0.05) is 71.0 Å². The molecule has 0 amide bonds. The van der Waals surface area contributed by atoms with Crippen LogP contribution in [0.5, 0.6) is 11.5 Å². The fourth-order valence-electron chi connectivity index (χ4n) is 5.56. The van der Waals surface area contributed by atoms with Crippen LogP contribution >= 0.6 is 0 Å². The van der Waals surface area contributed by atoms with Crippen molar-refractivity contribution in [3.63, 3.8) is 0 Å². The fraction of sp³-hybridized carbons (Fsp3) is 0.353. The molecule has 3 aromatic carbocycles. The molecule has 0 saturated heterocycles. The summed E-state index contributed by atoms with van der Waals surface area (Å²) in [5, 5.41) is 0. The number of hydrogen-bond acceptors (Lipinski definition) is 2. The summed E-state index contributed by atoms with van der Waals surface area (Å²) in [5.41, 5.74) is 6.21. The molecule has 2 nitrogen and oxygen atoms in total. The van der Waals surface area contributed by atoms with Crippen molar-refractivity contribution in [1.29, 1.82) is 0 Å². The normalized spacial score (nSPS) is 15.9. The molecule has 1 atom stereocenters. The number of rotatable bonds is 6. The van der Waals surface area contributed by atoms with Gasteiger partial charge in [-0.25, -0.2) is 4.39 Å². The van der Waals surface area contributed by atoms with Gasteiger partial charge in [0.1, 0.15) is 23.1 Å². The average Bonchev–Trinajstić information content (AvgIpc) is 3.29. The Kier molecular flexibility index (Phi) is 6.74. The van der Waals surface area contributed by atoms with Crippen LogP contribution in [-0.2, 0) is 24.7 Å². The van der Waals surface area contributed by atoms with Crippen LogP contribution in [0, 0.1) is 17.2 Å². The number of hydrogen-bond donors (Lipinski definition) is 0. The molecular formula is C34H37FO2. The smallest absolute Gasteiger partial charge is 0.127 e. The van der Waals surface area contributed by atoms with Gasteiger partial charge >= 0.3 is 0 Å². The van der Waals surface area contributed by atoms with Crippen molar-refractivity contribution in [2.24, 2.45) is 11.3 Å². The lowest BCUT2D eigenvalue weighted by atomic mass is 9.67. The number of fused-ring (bicyclic) bond motifs is 1. The van der Waals surface area contributed by atoms with Gasteiger partial charge in [-0.3, -0.25) is 0 Å². The van der Waals surface area contributed by atoms with Gasteiger partial charge in [0, 0.05) is 17.5 Å². The molecular weight excluding hydrogens is 459 g/mol. The fourth-order valence-corrected chi connectivity index (χ4v) is 5.56. The molecule has 192 valence electrons. The summed E-state index contributed by atoms with van der Waals surface area (Å²) < 4.78 is 25.6. The first-order chi connectivity index (χ1) is 17.6. The molecule has 0 N–H and O–H groups in total. The Hall–Kier alpha value is -3.33. The summed E-state index contributed by atoms with van der Waals surface area (Å²) in [6.07, 6.45) is 5.89. The highest BCUT2D eigenvalue weighted by Crippen LogP contribution is 2.43. The highest BCUT2D eigenvalue weighted by molar-refractivity contribution is 5.67. The van der Waals surface area contributed by atoms with Gasteiger partial charge in [-0.2, -0.15) is 0 Å². The van der Waals surface area contributed by atoms with Crippen molar-refractivity contribution in [3.8, 4) is 22.6 Å². The minimum atomic E-state index is -0.213. The van der Waals surface area contributed by atoms with Crippen LogP contribution in [0.3, 0.4) is 0 Å². The van der Waals surface area contributed by atoms with E-state index in [1.54, 1.807) is 0 Å². The zero-order chi connectivity index (χ0) is 26.2. The van der Waals surface area contributed by atoms with E-state index in [2.05, 4.69) is 77.1 Å². The Morgan fingerprint density at radius 2 is 1.62 bits per heavy atom. The summed E-state index contributed by atoms with van der Waals surface area (Å²) in [7, 11) is 0. The van der Waals surface area contributed by atoms with Gasteiger partial charge in [-0.15, -0.1) is 0 Å². The highest BCUT2D eigenvalue weighted by atomic mass is 19.1. The molecule has 0 bridgehead atoms. The van der Waals surface area contributed by atoms with E-state index in [0.29, 0.717) is 5.92 Å². The van der Waals surface area contributed by atoms with E-state index >= 15 is 0 Å². The Balaban J connectivity index is 1.27. The minimum absolute atomic E-state index is 0.0882. The first-order valence-corrected chi connectivity index (χ1v) is 13.3. The van der Waals surface area contributed by atoms with Gasteiger partial charge in [-0.05, 0) is 89.1 Å². The van der Waals surface area contributed by atoms with E-state index in [9.17, 15) is 4.39 Å². The van der Waals surface area contributed by atoms with Crippen LogP contribution in [0.25, 0.3) is 11.1 Å². The zero-order valence-electron chi connectivity index (χ0n) is 22.6. The first kappa shape index (κ1) is 25.3. The molecule has 4 aromatic rings. The number of ether oxygens (including phenoxy) is 1. The van der Waals surface area contributed by atoms with E-state index in [1.807, 2.05) is 24.5 Å². The van der Waals surface area contributed by atoms with E-state index in [-0.39, 0.29) is 16.6 Å². The molecule has 1 aliphatic rings. The Morgan fingerprint density at radius 1 is 0.892 bits per heavy atom. The summed E-state index contributed by atoms with van der Waals surface area (Å²) in [6.45, 7) is 11.4. The monoisotopic (exact) mass is 496 g/mol. The molecule has 1 aromatic heterocycles. The Bertz CT molecular complexity index is 1350. The van der Waals surface area contributed by atoms with E-state index < -0.39 is 0 Å². The quantitative estimate of drug-likeness (QED) is 0.265. The Morgan fingerprint density at radius 3 is 2.32 bits per heavy atom. The lowest BCUT2D eigenvalue weighted by Gasteiger charge is -2.37. The minimum Gasteiger partial charge on any atom is -0.468 e.